The number of nitrogens with zero attached hydrogens (tertiary/aromatic N) is 3. The van der Waals surface area contributed by atoms with Gasteiger partial charge in [0, 0.05) is 36.2 Å². The standard InChI is InChI=1S/C22H20N4O3S/c23-13-18-17-8-10-26(21(28)12-15-4-1-2-9-24-15)14-19(17)30-22(18)25-20(27)7-6-16-5-3-11-29-16/h1-5,9,11H,6-8,10,12,14H2,(H,25,27). The first-order valence-electron chi connectivity index (χ1n) is 9.68. The highest BCUT2D eigenvalue weighted by Crippen LogP contribution is 2.36. The molecule has 4 rings (SSSR count). The minimum atomic E-state index is -0.162. The fraction of sp³-hybridized carbons (Fsp3) is 0.273. The van der Waals surface area contributed by atoms with Gasteiger partial charge in [0.1, 0.15) is 16.8 Å². The number of fused-ring (bicyclic) bond motifs is 1. The van der Waals surface area contributed by atoms with Crippen LogP contribution in [-0.2, 0) is 35.4 Å². The Bertz CT molecular complexity index is 1080. The summed E-state index contributed by atoms with van der Waals surface area (Å²) >= 11 is 1.38. The van der Waals surface area contributed by atoms with Crippen molar-refractivity contribution in [2.75, 3.05) is 11.9 Å². The number of pyridine rings is 1. The second kappa shape index (κ2) is 8.93. The van der Waals surface area contributed by atoms with Crippen LogP contribution in [0.1, 0.15) is 33.9 Å². The normalized spacial score (nSPS) is 12.8. The number of nitrogens with one attached hydrogen (secondary N) is 1. The van der Waals surface area contributed by atoms with Gasteiger partial charge in [-0.05, 0) is 36.2 Å². The van der Waals surface area contributed by atoms with Crippen molar-refractivity contribution in [1.29, 1.82) is 5.26 Å². The van der Waals surface area contributed by atoms with Gasteiger partial charge in [-0.25, -0.2) is 0 Å². The van der Waals surface area contributed by atoms with E-state index in [1.54, 1.807) is 23.4 Å². The minimum Gasteiger partial charge on any atom is -0.469 e. The molecule has 152 valence electrons. The lowest BCUT2D eigenvalue weighted by Gasteiger charge is -2.27. The van der Waals surface area contributed by atoms with Gasteiger partial charge in [-0.2, -0.15) is 5.26 Å². The number of nitriles is 1. The van der Waals surface area contributed by atoms with E-state index >= 15 is 0 Å². The maximum atomic E-state index is 12.7. The zero-order valence-electron chi connectivity index (χ0n) is 16.3. The van der Waals surface area contributed by atoms with Gasteiger partial charge in [-0.3, -0.25) is 14.6 Å². The zero-order valence-corrected chi connectivity index (χ0v) is 17.1. The fourth-order valence-electron chi connectivity index (χ4n) is 3.47. The van der Waals surface area contributed by atoms with E-state index in [-0.39, 0.29) is 24.7 Å². The zero-order chi connectivity index (χ0) is 20.9. The van der Waals surface area contributed by atoms with Crippen molar-refractivity contribution >= 4 is 28.2 Å². The average molecular weight is 420 g/mol. The molecule has 4 heterocycles. The van der Waals surface area contributed by atoms with Crippen LogP contribution in [-0.4, -0.2) is 28.2 Å². The van der Waals surface area contributed by atoms with Crippen molar-refractivity contribution in [3.8, 4) is 6.07 Å². The molecule has 30 heavy (non-hydrogen) atoms. The molecule has 0 fully saturated rings. The third-order valence-corrected chi connectivity index (χ3v) is 6.14. The highest BCUT2D eigenvalue weighted by Gasteiger charge is 2.27. The van der Waals surface area contributed by atoms with Gasteiger partial charge in [0.25, 0.3) is 0 Å². The van der Waals surface area contributed by atoms with E-state index in [1.165, 1.54) is 11.3 Å². The van der Waals surface area contributed by atoms with Gasteiger partial charge in [0.2, 0.25) is 11.8 Å². The van der Waals surface area contributed by atoms with Crippen molar-refractivity contribution in [2.24, 2.45) is 0 Å². The van der Waals surface area contributed by atoms with Gasteiger partial charge in [0.05, 0.1) is 24.8 Å². The van der Waals surface area contributed by atoms with E-state index in [2.05, 4.69) is 16.4 Å². The third-order valence-electron chi connectivity index (χ3n) is 5.01. The first-order valence-corrected chi connectivity index (χ1v) is 10.5. The molecule has 0 saturated heterocycles. The Labute approximate surface area is 178 Å². The Kier molecular flexibility index (Phi) is 5.91. The molecule has 0 aliphatic carbocycles. The van der Waals surface area contributed by atoms with Crippen LogP contribution in [0.5, 0.6) is 0 Å². The fourth-order valence-corrected chi connectivity index (χ4v) is 4.70. The Balaban J connectivity index is 1.42. The van der Waals surface area contributed by atoms with Crippen LogP contribution in [0.2, 0.25) is 0 Å². The number of rotatable bonds is 6. The van der Waals surface area contributed by atoms with E-state index < -0.39 is 0 Å². The van der Waals surface area contributed by atoms with Crippen molar-refractivity contribution in [3.05, 3.63) is 70.3 Å². The molecule has 0 atom stereocenters. The van der Waals surface area contributed by atoms with E-state index in [4.69, 9.17) is 4.42 Å². The summed E-state index contributed by atoms with van der Waals surface area (Å²) < 4.78 is 5.25. The Morgan fingerprint density at radius 2 is 2.20 bits per heavy atom. The highest BCUT2D eigenvalue weighted by atomic mass is 32.1. The van der Waals surface area contributed by atoms with Gasteiger partial charge in [0.15, 0.2) is 0 Å². The molecule has 0 unspecified atom stereocenters. The predicted molar refractivity (Wildman–Crippen MR) is 112 cm³/mol. The molecule has 1 N–H and O–H groups in total. The molecule has 7 nitrogen and oxygen atoms in total. The number of anilines is 1. The number of aromatic nitrogens is 1. The third kappa shape index (κ3) is 4.42. The van der Waals surface area contributed by atoms with Gasteiger partial charge < -0.3 is 14.6 Å². The van der Waals surface area contributed by atoms with Crippen molar-refractivity contribution < 1.29 is 14.0 Å². The van der Waals surface area contributed by atoms with E-state index in [0.717, 1.165) is 21.9 Å². The largest absolute Gasteiger partial charge is 0.469 e. The molecular weight excluding hydrogens is 400 g/mol. The molecule has 0 spiro atoms. The second-order valence-corrected chi connectivity index (χ2v) is 8.12. The topological polar surface area (TPSA) is 99.2 Å². The Hall–Kier alpha value is -3.44. The second-order valence-electron chi connectivity index (χ2n) is 7.01. The predicted octanol–water partition coefficient (Wildman–Crippen LogP) is 3.31. The Morgan fingerprint density at radius 3 is 2.93 bits per heavy atom. The van der Waals surface area contributed by atoms with Crippen molar-refractivity contribution in [3.63, 3.8) is 0 Å². The average Bonchev–Trinajstić information content (AvgIpc) is 3.39. The number of carbonyl (C=O) groups excluding carboxylic acids is 2. The summed E-state index contributed by atoms with van der Waals surface area (Å²) in [7, 11) is 0. The van der Waals surface area contributed by atoms with Crippen LogP contribution in [0, 0.1) is 11.3 Å². The van der Waals surface area contributed by atoms with Gasteiger partial charge in [-0.1, -0.05) is 6.07 Å². The van der Waals surface area contributed by atoms with E-state index in [0.29, 0.717) is 36.5 Å². The molecule has 0 bridgehead atoms. The van der Waals surface area contributed by atoms with Crippen LogP contribution in [0.25, 0.3) is 0 Å². The SMILES string of the molecule is N#Cc1c(NC(=O)CCc2ccco2)sc2c1CCN(C(=O)Cc1ccccn1)C2. The first-order chi connectivity index (χ1) is 14.6. The maximum Gasteiger partial charge on any atom is 0.228 e. The van der Waals surface area contributed by atoms with Crippen LogP contribution in [0.3, 0.4) is 0 Å². The Morgan fingerprint density at radius 1 is 1.30 bits per heavy atom. The van der Waals surface area contributed by atoms with E-state index in [9.17, 15) is 14.9 Å². The van der Waals surface area contributed by atoms with Crippen LogP contribution < -0.4 is 5.32 Å². The molecule has 0 aromatic carbocycles. The molecule has 3 aromatic heterocycles. The summed E-state index contributed by atoms with van der Waals surface area (Å²) in [5.74, 6) is 0.595. The van der Waals surface area contributed by atoms with Crippen LogP contribution in [0.15, 0.2) is 47.2 Å². The molecular formula is C22H20N4O3S. The van der Waals surface area contributed by atoms with Crippen LogP contribution in [0.4, 0.5) is 5.00 Å². The maximum absolute atomic E-state index is 12.7. The summed E-state index contributed by atoms with van der Waals surface area (Å²) in [6.07, 6.45) is 4.89. The quantitative estimate of drug-likeness (QED) is 0.660. The molecule has 1 aliphatic heterocycles. The number of furan rings is 1. The molecule has 8 heteroatoms. The van der Waals surface area contributed by atoms with E-state index in [1.807, 2.05) is 24.3 Å². The van der Waals surface area contributed by atoms with Gasteiger partial charge in [-0.15, -0.1) is 11.3 Å². The van der Waals surface area contributed by atoms with Crippen LogP contribution >= 0.6 is 11.3 Å². The molecule has 1 aliphatic rings. The summed E-state index contributed by atoms with van der Waals surface area (Å²) in [6, 6.07) is 11.4. The van der Waals surface area contributed by atoms with Crippen molar-refractivity contribution in [2.45, 2.75) is 32.2 Å². The summed E-state index contributed by atoms with van der Waals surface area (Å²) in [5, 5.41) is 13.1. The number of carbonyl (C=O) groups is 2. The van der Waals surface area contributed by atoms with Crippen molar-refractivity contribution in [1.82, 2.24) is 9.88 Å². The lowest BCUT2D eigenvalue weighted by molar-refractivity contribution is -0.131. The minimum absolute atomic E-state index is 0.00953. The molecule has 0 radical (unpaired) electrons. The number of thiophene rings is 1. The summed E-state index contributed by atoms with van der Waals surface area (Å²) in [4.78, 5) is 32.0. The number of hydrogen-bond acceptors (Lipinski definition) is 6. The smallest absolute Gasteiger partial charge is 0.228 e. The molecule has 3 aromatic rings. The monoisotopic (exact) mass is 420 g/mol. The molecule has 0 saturated carbocycles. The lowest BCUT2D eigenvalue weighted by atomic mass is 10.0. The number of hydrogen-bond donors (Lipinski definition) is 1. The summed E-state index contributed by atoms with van der Waals surface area (Å²) in [5.41, 5.74) is 2.19. The number of aryl methyl sites for hydroxylation is 1. The lowest BCUT2D eigenvalue weighted by Crippen LogP contribution is -2.36. The number of amides is 2. The highest BCUT2D eigenvalue weighted by molar-refractivity contribution is 7.16. The first kappa shape index (κ1) is 19.9. The molecule has 2 amide bonds. The van der Waals surface area contributed by atoms with Gasteiger partial charge >= 0.3 is 0 Å². The summed E-state index contributed by atoms with van der Waals surface area (Å²) in [6.45, 7) is 0.999.